The third kappa shape index (κ3) is 4.39. The third-order valence-corrected chi connectivity index (χ3v) is 3.31. The van der Waals surface area contributed by atoms with Crippen LogP contribution in [-0.4, -0.2) is 50.0 Å². The summed E-state index contributed by atoms with van der Waals surface area (Å²) in [6, 6.07) is 7.83. The van der Waals surface area contributed by atoms with E-state index in [9.17, 15) is 0 Å². The Bertz CT molecular complexity index is 400. The van der Waals surface area contributed by atoms with Crippen LogP contribution < -0.4 is 9.47 Å². The van der Waals surface area contributed by atoms with E-state index in [1.807, 2.05) is 31.2 Å². The topological polar surface area (TPSA) is 30.9 Å². The highest BCUT2D eigenvalue weighted by molar-refractivity contribution is 5.39. The van der Waals surface area contributed by atoms with Gasteiger partial charge in [-0.25, -0.2) is 0 Å². The van der Waals surface area contributed by atoms with Crippen molar-refractivity contribution >= 4 is 0 Å². The lowest BCUT2D eigenvalue weighted by atomic mass is 10.2. The highest BCUT2D eigenvalue weighted by Gasteiger charge is 2.21. The number of nitrogens with zero attached hydrogens (tertiary/aromatic N) is 1. The zero-order valence-corrected chi connectivity index (χ0v) is 12.7. The Hall–Kier alpha value is -1.26. The molecule has 0 saturated carbocycles. The van der Waals surface area contributed by atoms with Crippen LogP contribution in [0.5, 0.6) is 11.5 Å². The van der Waals surface area contributed by atoms with Gasteiger partial charge in [0.05, 0.1) is 18.8 Å². The lowest BCUT2D eigenvalue weighted by Crippen LogP contribution is -2.46. The molecule has 4 heteroatoms. The quantitative estimate of drug-likeness (QED) is 0.801. The zero-order chi connectivity index (χ0) is 14.4. The maximum Gasteiger partial charge on any atom is 0.161 e. The number of hydrogen-bond acceptors (Lipinski definition) is 4. The summed E-state index contributed by atoms with van der Waals surface area (Å²) in [5.74, 6) is 1.64. The third-order valence-electron chi connectivity index (χ3n) is 3.31. The Balaban J connectivity index is 1.81. The Morgan fingerprint density at radius 3 is 2.30 bits per heavy atom. The van der Waals surface area contributed by atoms with Gasteiger partial charge in [0, 0.05) is 19.6 Å². The van der Waals surface area contributed by atoms with E-state index in [0.717, 1.165) is 31.1 Å². The molecule has 1 fully saturated rings. The van der Waals surface area contributed by atoms with Crippen molar-refractivity contribution in [2.45, 2.75) is 33.0 Å². The van der Waals surface area contributed by atoms with Gasteiger partial charge in [0.2, 0.25) is 0 Å². The summed E-state index contributed by atoms with van der Waals surface area (Å²) >= 11 is 0. The second-order valence-corrected chi connectivity index (χ2v) is 5.25. The van der Waals surface area contributed by atoms with E-state index in [4.69, 9.17) is 14.2 Å². The molecule has 1 saturated heterocycles. The van der Waals surface area contributed by atoms with Gasteiger partial charge in [-0.1, -0.05) is 12.1 Å². The molecule has 112 valence electrons. The van der Waals surface area contributed by atoms with Crippen molar-refractivity contribution in [2.75, 3.05) is 32.8 Å². The van der Waals surface area contributed by atoms with Crippen LogP contribution in [0, 0.1) is 0 Å². The van der Waals surface area contributed by atoms with Crippen molar-refractivity contribution < 1.29 is 14.2 Å². The second kappa shape index (κ2) is 7.50. The normalized spacial score (nSPS) is 23.6. The van der Waals surface area contributed by atoms with Crippen molar-refractivity contribution in [3.63, 3.8) is 0 Å². The van der Waals surface area contributed by atoms with E-state index in [1.165, 1.54) is 0 Å². The van der Waals surface area contributed by atoms with Crippen molar-refractivity contribution in [1.82, 2.24) is 4.90 Å². The fourth-order valence-corrected chi connectivity index (χ4v) is 2.60. The van der Waals surface area contributed by atoms with Gasteiger partial charge in [-0.3, -0.25) is 4.90 Å². The summed E-state index contributed by atoms with van der Waals surface area (Å²) in [6.07, 6.45) is 0.601. The number of rotatable bonds is 6. The average molecular weight is 279 g/mol. The largest absolute Gasteiger partial charge is 0.490 e. The highest BCUT2D eigenvalue weighted by Crippen LogP contribution is 2.26. The lowest BCUT2D eigenvalue weighted by molar-refractivity contribution is -0.0699. The molecule has 0 radical (unpaired) electrons. The van der Waals surface area contributed by atoms with Crippen LogP contribution in [0.3, 0.4) is 0 Å². The van der Waals surface area contributed by atoms with Crippen LogP contribution >= 0.6 is 0 Å². The van der Waals surface area contributed by atoms with Crippen LogP contribution in [0.25, 0.3) is 0 Å². The van der Waals surface area contributed by atoms with Crippen molar-refractivity contribution in [3.05, 3.63) is 24.3 Å². The summed E-state index contributed by atoms with van der Waals surface area (Å²) in [4.78, 5) is 2.39. The predicted octanol–water partition coefficient (Wildman–Crippen LogP) is 2.57. The summed E-state index contributed by atoms with van der Waals surface area (Å²) < 4.78 is 17.1. The van der Waals surface area contributed by atoms with Crippen LogP contribution in [-0.2, 0) is 4.74 Å². The molecule has 2 atom stereocenters. The van der Waals surface area contributed by atoms with E-state index in [1.54, 1.807) is 0 Å². The van der Waals surface area contributed by atoms with Gasteiger partial charge in [0.15, 0.2) is 11.5 Å². The van der Waals surface area contributed by atoms with Gasteiger partial charge in [0.25, 0.3) is 0 Å². The molecule has 20 heavy (non-hydrogen) atoms. The minimum absolute atomic E-state index is 0.300. The molecule has 1 aromatic rings. The first-order valence-corrected chi connectivity index (χ1v) is 7.41. The van der Waals surface area contributed by atoms with Crippen molar-refractivity contribution in [2.24, 2.45) is 0 Å². The van der Waals surface area contributed by atoms with E-state index >= 15 is 0 Å². The van der Waals surface area contributed by atoms with E-state index in [2.05, 4.69) is 18.7 Å². The SMILES string of the molecule is CCOc1ccccc1OCCN1C[C@@H](C)O[C@@H](C)C1. The molecular formula is C16H25NO3. The average Bonchev–Trinajstić information content (AvgIpc) is 2.40. The van der Waals surface area contributed by atoms with Gasteiger partial charge in [-0.15, -0.1) is 0 Å². The monoisotopic (exact) mass is 279 g/mol. The van der Waals surface area contributed by atoms with Crippen molar-refractivity contribution in [3.8, 4) is 11.5 Å². The zero-order valence-electron chi connectivity index (χ0n) is 12.7. The van der Waals surface area contributed by atoms with E-state index < -0.39 is 0 Å². The van der Waals surface area contributed by atoms with Gasteiger partial charge >= 0.3 is 0 Å². The van der Waals surface area contributed by atoms with Crippen LogP contribution in [0.2, 0.25) is 0 Å². The van der Waals surface area contributed by atoms with Crippen LogP contribution in [0.1, 0.15) is 20.8 Å². The molecule has 0 bridgehead atoms. The Morgan fingerprint density at radius 2 is 1.70 bits per heavy atom. The molecule has 1 aliphatic heterocycles. The summed E-state index contributed by atoms with van der Waals surface area (Å²) in [5, 5.41) is 0. The highest BCUT2D eigenvalue weighted by atomic mass is 16.5. The molecule has 2 rings (SSSR count). The first kappa shape index (κ1) is 15.1. The van der Waals surface area contributed by atoms with Crippen LogP contribution in [0.4, 0.5) is 0 Å². The summed E-state index contributed by atoms with van der Waals surface area (Å²) in [7, 11) is 0. The molecule has 0 unspecified atom stereocenters. The molecule has 0 N–H and O–H groups in total. The summed E-state index contributed by atoms with van der Waals surface area (Å²) in [5.41, 5.74) is 0. The molecule has 0 aromatic heterocycles. The number of para-hydroxylation sites is 2. The van der Waals surface area contributed by atoms with E-state index in [-0.39, 0.29) is 0 Å². The number of ether oxygens (including phenoxy) is 3. The molecule has 1 aromatic carbocycles. The minimum atomic E-state index is 0.300. The Morgan fingerprint density at radius 1 is 1.10 bits per heavy atom. The standard InChI is InChI=1S/C16H25NO3/c1-4-18-15-7-5-6-8-16(15)19-10-9-17-11-13(2)20-14(3)12-17/h5-8,13-14H,4,9-12H2,1-3H3/t13-,14+. The molecule has 4 nitrogen and oxygen atoms in total. The van der Waals surface area contributed by atoms with Gasteiger partial charge in [-0.05, 0) is 32.9 Å². The number of benzene rings is 1. The fourth-order valence-electron chi connectivity index (χ4n) is 2.60. The maximum absolute atomic E-state index is 5.86. The number of hydrogen-bond donors (Lipinski definition) is 0. The van der Waals surface area contributed by atoms with Gasteiger partial charge in [-0.2, -0.15) is 0 Å². The fraction of sp³-hybridized carbons (Fsp3) is 0.625. The van der Waals surface area contributed by atoms with Gasteiger partial charge in [0.1, 0.15) is 6.61 Å². The molecule has 0 amide bonds. The Kier molecular flexibility index (Phi) is 5.68. The first-order valence-electron chi connectivity index (χ1n) is 7.41. The Labute approximate surface area is 121 Å². The molecular weight excluding hydrogens is 254 g/mol. The van der Waals surface area contributed by atoms with Gasteiger partial charge < -0.3 is 14.2 Å². The molecule has 1 heterocycles. The smallest absolute Gasteiger partial charge is 0.161 e. The first-order chi connectivity index (χ1) is 9.69. The van der Waals surface area contributed by atoms with Crippen LogP contribution in [0.15, 0.2) is 24.3 Å². The summed E-state index contributed by atoms with van der Waals surface area (Å²) in [6.45, 7) is 10.4. The molecule has 0 aliphatic carbocycles. The minimum Gasteiger partial charge on any atom is -0.490 e. The second-order valence-electron chi connectivity index (χ2n) is 5.25. The van der Waals surface area contributed by atoms with E-state index in [0.29, 0.717) is 25.4 Å². The predicted molar refractivity (Wildman–Crippen MR) is 79.6 cm³/mol. The number of morpholine rings is 1. The maximum atomic E-state index is 5.86. The lowest BCUT2D eigenvalue weighted by Gasteiger charge is -2.35. The molecule has 1 aliphatic rings. The van der Waals surface area contributed by atoms with Crippen molar-refractivity contribution in [1.29, 1.82) is 0 Å². The molecule has 0 spiro atoms.